The van der Waals surface area contributed by atoms with E-state index in [0.717, 1.165) is 17.8 Å². The zero-order valence-corrected chi connectivity index (χ0v) is 10.9. The number of benzene rings is 1. The van der Waals surface area contributed by atoms with E-state index in [0.29, 0.717) is 18.7 Å². The first kappa shape index (κ1) is 14.2. The van der Waals surface area contributed by atoms with Gasteiger partial charge in [-0.15, -0.1) is 0 Å². The molecule has 2 rings (SSSR count). The number of aromatic nitrogens is 2. The first-order valence-corrected chi connectivity index (χ1v) is 6.05. The van der Waals surface area contributed by atoms with Crippen LogP contribution in [0.4, 0.5) is 24.5 Å². The molecule has 0 aliphatic rings. The van der Waals surface area contributed by atoms with E-state index in [1.807, 2.05) is 19.3 Å². The highest BCUT2D eigenvalue weighted by Crippen LogP contribution is 2.32. The number of nitrogen functional groups attached to an aromatic ring is 1. The quantitative estimate of drug-likeness (QED) is 0.849. The van der Waals surface area contributed by atoms with Gasteiger partial charge in [-0.1, -0.05) is 0 Å². The van der Waals surface area contributed by atoms with Crippen LogP contribution in [-0.2, 0) is 19.6 Å². The van der Waals surface area contributed by atoms with E-state index in [2.05, 4.69) is 10.4 Å². The normalized spacial score (nSPS) is 11.6. The molecule has 0 amide bonds. The minimum absolute atomic E-state index is 0.0841. The average molecular weight is 284 g/mol. The molecule has 0 unspecified atom stereocenters. The summed E-state index contributed by atoms with van der Waals surface area (Å²) in [6.45, 7) is 0.548. The number of alkyl halides is 3. The second-order valence-corrected chi connectivity index (χ2v) is 4.46. The van der Waals surface area contributed by atoms with Gasteiger partial charge in [-0.3, -0.25) is 4.68 Å². The Hall–Kier alpha value is -2.18. The van der Waals surface area contributed by atoms with Crippen LogP contribution in [0.5, 0.6) is 0 Å². The number of halogens is 3. The Balaban J connectivity index is 1.96. The minimum Gasteiger partial charge on any atom is -0.397 e. The molecule has 0 bridgehead atoms. The second kappa shape index (κ2) is 5.44. The van der Waals surface area contributed by atoms with E-state index >= 15 is 0 Å². The molecule has 3 N–H and O–H groups in total. The lowest BCUT2D eigenvalue weighted by molar-refractivity contribution is -0.137. The van der Waals surface area contributed by atoms with Gasteiger partial charge in [0.15, 0.2) is 0 Å². The van der Waals surface area contributed by atoms with Gasteiger partial charge < -0.3 is 11.1 Å². The van der Waals surface area contributed by atoms with Gasteiger partial charge in [-0.25, -0.2) is 0 Å². The number of anilines is 2. The van der Waals surface area contributed by atoms with Crippen molar-refractivity contribution in [2.45, 2.75) is 12.6 Å². The van der Waals surface area contributed by atoms with Crippen molar-refractivity contribution in [1.82, 2.24) is 9.78 Å². The molecule has 0 spiro atoms. The highest BCUT2D eigenvalue weighted by Gasteiger charge is 2.30. The topological polar surface area (TPSA) is 55.9 Å². The fourth-order valence-corrected chi connectivity index (χ4v) is 1.82. The highest BCUT2D eigenvalue weighted by molar-refractivity contribution is 5.67. The molecule has 4 nitrogen and oxygen atoms in total. The molecule has 0 saturated heterocycles. The van der Waals surface area contributed by atoms with Crippen LogP contribution in [0.2, 0.25) is 0 Å². The third-order valence-corrected chi connectivity index (χ3v) is 2.84. The Labute approximate surface area is 114 Å². The Bertz CT molecular complexity index is 590. The van der Waals surface area contributed by atoms with Gasteiger partial charge in [0.05, 0.1) is 22.6 Å². The molecule has 0 atom stereocenters. The van der Waals surface area contributed by atoms with Crippen LogP contribution < -0.4 is 11.1 Å². The predicted octanol–water partition coefficient (Wildman–Crippen LogP) is 2.68. The van der Waals surface area contributed by atoms with Crippen LogP contribution in [-0.4, -0.2) is 16.3 Å². The van der Waals surface area contributed by atoms with E-state index < -0.39 is 11.7 Å². The maximum atomic E-state index is 12.5. The molecular formula is C13H15F3N4. The van der Waals surface area contributed by atoms with Gasteiger partial charge in [0, 0.05) is 26.2 Å². The molecule has 1 aromatic heterocycles. The van der Waals surface area contributed by atoms with Crippen LogP contribution in [0.15, 0.2) is 30.5 Å². The number of nitrogens with zero attached hydrogens (tertiary/aromatic N) is 2. The van der Waals surface area contributed by atoms with Crippen LogP contribution in [0.3, 0.4) is 0 Å². The first-order chi connectivity index (χ1) is 9.36. The van der Waals surface area contributed by atoms with E-state index in [1.165, 1.54) is 6.07 Å². The first-order valence-electron chi connectivity index (χ1n) is 6.05. The lowest BCUT2D eigenvalue weighted by atomic mass is 10.1. The molecular weight excluding hydrogens is 269 g/mol. The zero-order valence-electron chi connectivity index (χ0n) is 10.9. The lowest BCUT2D eigenvalue weighted by Crippen LogP contribution is -2.10. The number of hydrogen-bond acceptors (Lipinski definition) is 3. The van der Waals surface area contributed by atoms with E-state index in [4.69, 9.17) is 5.73 Å². The molecule has 0 fully saturated rings. The summed E-state index contributed by atoms with van der Waals surface area (Å²) in [5, 5.41) is 7.22. The van der Waals surface area contributed by atoms with Gasteiger partial charge in [-0.05, 0) is 24.3 Å². The Kier molecular flexibility index (Phi) is 3.87. The van der Waals surface area contributed by atoms with E-state index in [1.54, 1.807) is 4.68 Å². The van der Waals surface area contributed by atoms with Crippen molar-refractivity contribution < 1.29 is 13.2 Å². The molecule has 20 heavy (non-hydrogen) atoms. The fraction of sp³-hybridized carbons (Fsp3) is 0.308. The van der Waals surface area contributed by atoms with Gasteiger partial charge in [-0.2, -0.15) is 18.3 Å². The molecule has 1 aromatic carbocycles. The third-order valence-electron chi connectivity index (χ3n) is 2.84. The van der Waals surface area contributed by atoms with Gasteiger partial charge in [0.2, 0.25) is 0 Å². The summed E-state index contributed by atoms with van der Waals surface area (Å²) in [6, 6.07) is 5.18. The number of nitrogens with two attached hydrogens (primary N) is 1. The Morgan fingerprint density at radius 3 is 2.60 bits per heavy atom. The second-order valence-electron chi connectivity index (χ2n) is 4.46. The van der Waals surface area contributed by atoms with Crippen LogP contribution in [0.25, 0.3) is 0 Å². The van der Waals surface area contributed by atoms with Gasteiger partial charge >= 0.3 is 6.18 Å². The summed E-state index contributed by atoms with van der Waals surface area (Å²) < 4.78 is 39.2. The van der Waals surface area contributed by atoms with Crippen molar-refractivity contribution >= 4 is 11.4 Å². The smallest absolute Gasteiger partial charge is 0.397 e. The predicted molar refractivity (Wildman–Crippen MR) is 71.3 cm³/mol. The summed E-state index contributed by atoms with van der Waals surface area (Å²) in [4.78, 5) is 0. The van der Waals surface area contributed by atoms with E-state index in [-0.39, 0.29) is 5.69 Å². The van der Waals surface area contributed by atoms with Gasteiger partial charge in [0.25, 0.3) is 0 Å². The Morgan fingerprint density at radius 1 is 1.30 bits per heavy atom. The molecule has 0 aliphatic heterocycles. The molecule has 1 heterocycles. The lowest BCUT2D eigenvalue weighted by Gasteiger charge is -2.12. The Morgan fingerprint density at radius 2 is 2.05 bits per heavy atom. The van der Waals surface area contributed by atoms with E-state index in [9.17, 15) is 13.2 Å². The van der Waals surface area contributed by atoms with Crippen molar-refractivity contribution in [3.63, 3.8) is 0 Å². The highest BCUT2D eigenvalue weighted by atomic mass is 19.4. The number of nitrogens with one attached hydrogen (secondary N) is 1. The zero-order chi connectivity index (χ0) is 14.8. The van der Waals surface area contributed by atoms with Crippen molar-refractivity contribution in [3.8, 4) is 0 Å². The summed E-state index contributed by atoms with van der Waals surface area (Å²) in [6.07, 6.45) is -1.87. The monoisotopic (exact) mass is 284 g/mol. The maximum absolute atomic E-state index is 12.5. The summed E-state index contributed by atoms with van der Waals surface area (Å²) in [5.74, 6) is 0. The van der Waals surface area contributed by atoms with Gasteiger partial charge in [0.1, 0.15) is 0 Å². The summed E-state index contributed by atoms with van der Waals surface area (Å²) >= 11 is 0. The van der Waals surface area contributed by atoms with Crippen LogP contribution in [0.1, 0.15) is 11.3 Å². The number of aryl methyl sites for hydroxylation is 1. The molecule has 0 aliphatic carbocycles. The fourth-order valence-electron chi connectivity index (χ4n) is 1.82. The third kappa shape index (κ3) is 3.43. The van der Waals surface area contributed by atoms with Crippen molar-refractivity contribution in [2.75, 3.05) is 17.6 Å². The van der Waals surface area contributed by atoms with Crippen LogP contribution in [0, 0.1) is 0 Å². The summed E-state index contributed by atoms with van der Waals surface area (Å²) in [5.41, 5.74) is 6.36. The largest absolute Gasteiger partial charge is 0.416 e. The number of rotatable bonds is 4. The average Bonchev–Trinajstić information content (AvgIpc) is 2.76. The molecule has 0 saturated carbocycles. The molecule has 0 radical (unpaired) electrons. The minimum atomic E-state index is -4.37. The standard InChI is InChI=1S/C13H15F3N4/c1-20-7-5-10(19-20)4-6-18-12-3-2-9(8-11(12)17)13(14,15)16/h2-3,5,7-8,18H,4,6,17H2,1H3. The van der Waals surface area contributed by atoms with Crippen molar-refractivity contribution in [2.24, 2.45) is 7.05 Å². The van der Waals surface area contributed by atoms with Crippen LogP contribution >= 0.6 is 0 Å². The maximum Gasteiger partial charge on any atom is 0.416 e. The molecule has 2 aromatic rings. The summed E-state index contributed by atoms with van der Waals surface area (Å²) in [7, 11) is 1.82. The SMILES string of the molecule is Cn1ccc(CCNc2ccc(C(F)(F)F)cc2N)n1. The van der Waals surface area contributed by atoms with Crippen molar-refractivity contribution in [1.29, 1.82) is 0 Å². The number of hydrogen-bond donors (Lipinski definition) is 2. The molecule has 7 heteroatoms. The van der Waals surface area contributed by atoms with Crippen molar-refractivity contribution in [3.05, 3.63) is 41.7 Å². The molecule has 108 valence electrons.